The van der Waals surface area contributed by atoms with Crippen LogP contribution in [0.4, 0.5) is 0 Å². The standard InChI is InChI=1S/C29H32NSi.C16H26O2.Ir/c1-20-15-22(17-23(16-20)29(2,3)4)28-19-25(21-11-9-8-10-12-21)26-18-24(31(5,6)7)13-14-27(26)30-28;1-12(15(17)13-8-4-2-5-9-13)16(18)14-10-6-3-7-11-14;/h8-14,16-19H,1-7H3;13-14,17H,2-11H2,1H3;/q-1;;/b;15-12-;. The SMILES string of the molecule is C/C(C(=O)C1CCCCC1)=C(/O)C1CCCCC1.Cc1[c-]c(-c2cc(-c3ccccc3)c3cc([Si](C)(C)C)ccc3n2)cc(C(C)(C)C)c1.[Ir]. The molecule has 1 heterocycles. The van der Waals surface area contributed by atoms with Crippen LogP contribution in [0, 0.1) is 24.8 Å². The van der Waals surface area contributed by atoms with E-state index in [-0.39, 0.29) is 43.1 Å². The minimum absolute atomic E-state index is 0. The predicted molar refractivity (Wildman–Crippen MR) is 211 cm³/mol. The fraction of sp³-hybridized carbons (Fsp3) is 0.467. The maximum absolute atomic E-state index is 12.4. The van der Waals surface area contributed by atoms with Crippen molar-refractivity contribution < 1.29 is 30.0 Å². The summed E-state index contributed by atoms with van der Waals surface area (Å²) in [6.07, 6.45) is 11.4. The third-order valence-electron chi connectivity index (χ3n) is 10.6. The number of rotatable bonds is 6. The summed E-state index contributed by atoms with van der Waals surface area (Å²) < 4.78 is 0. The molecule has 6 rings (SSSR count). The van der Waals surface area contributed by atoms with E-state index in [9.17, 15) is 9.90 Å². The van der Waals surface area contributed by atoms with Crippen molar-refractivity contribution in [3.63, 3.8) is 0 Å². The van der Waals surface area contributed by atoms with Gasteiger partial charge in [-0.15, -0.1) is 34.9 Å². The molecule has 3 nitrogen and oxygen atoms in total. The van der Waals surface area contributed by atoms with Gasteiger partial charge in [-0.05, 0) is 60.9 Å². The van der Waals surface area contributed by atoms with Crippen LogP contribution >= 0.6 is 0 Å². The van der Waals surface area contributed by atoms with Crippen molar-refractivity contribution in [1.29, 1.82) is 0 Å². The van der Waals surface area contributed by atoms with E-state index in [1.54, 1.807) is 0 Å². The van der Waals surface area contributed by atoms with Crippen LogP contribution < -0.4 is 5.19 Å². The van der Waals surface area contributed by atoms with Crippen LogP contribution in [-0.2, 0) is 30.3 Å². The predicted octanol–water partition coefficient (Wildman–Crippen LogP) is 12.1. The zero-order valence-corrected chi connectivity index (χ0v) is 35.1. The number of fused-ring (bicyclic) bond motifs is 1. The minimum Gasteiger partial charge on any atom is -0.512 e. The van der Waals surface area contributed by atoms with Crippen molar-refractivity contribution >= 4 is 29.9 Å². The van der Waals surface area contributed by atoms with Gasteiger partial charge in [-0.3, -0.25) is 9.78 Å². The third-order valence-corrected chi connectivity index (χ3v) is 12.7. The summed E-state index contributed by atoms with van der Waals surface area (Å²) >= 11 is 0. The molecule has 50 heavy (non-hydrogen) atoms. The molecule has 0 bridgehead atoms. The topological polar surface area (TPSA) is 50.2 Å². The fourth-order valence-corrected chi connectivity index (χ4v) is 8.61. The third kappa shape index (κ3) is 9.93. The van der Waals surface area contributed by atoms with Gasteiger partial charge in [0.2, 0.25) is 0 Å². The van der Waals surface area contributed by atoms with Gasteiger partial charge in [0.1, 0.15) is 5.76 Å². The molecule has 0 aliphatic heterocycles. The molecule has 269 valence electrons. The molecule has 4 aromatic rings. The molecule has 2 saturated carbocycles. The van der Waals surface area contributed by atoms with Gasteiger partial charge >= 0.3 is 0 Å². The molecule has 0 saturated heterocycles. The number of allylic oxidation sites excluding steroid dienone is 2. The first kappa shape index (κ1) is 39.9. The molecule has 2 aliphatic rings. The van der Waals surface area contributed by atoms with Gasteiger partial charge in [0, 0.05) is 42.9 Å². The Morgan fingerprint density at radius 2 is 1.42 bits per heavy atom. The number of carbonyl (C=O) groups excluding carboxylic acids is 1. The van der Waals surface area contributed by atoms with Crippen molar-refractivity contribution in [3.8, 4) is 22.4 Å². The van der Waals surface area contributed by atoms with Crippen LogP contribution in [0.2, 0.25) is 19.6 Å². The quantitative estimate of drug-likeness (QED) is 0.0909. The van der Waals surface area contributed by atoms with Crippen LogP contribution in [-0.4, -0.2) is 23.9 Å². The van der Waals surface area contributed by atoms with Gasteiger partial charge in [-0.1, -0.05) is 140 Å². The van der Waals surface area contributed by atoms with Crippen molar-refractivity contribution in [2.45, 2.75) is 124 Å². The number of aliphatic hydroxyl groups excluding tert-OH is 1. The molecule has 3 aromatic carbocycles. The minimum atomic E-state index is -1.42. The summed E-state index contributed by atoms with van der Waals surface area (Å²) in [5.41, 5.74) is 8.79. The summed E-state index contributed by atoms with van der Waals surface area (Å²) in [7, 11) is -1.42. The summed E-state index contributed by atoms with van der Waals surface area (Å²) in [6.45, 7) is 17.9. The number of nitrogens with zero attached hydrogens (tertiary/aromatic N) is 1. The van der Waals surface area contributed by atoms with Crippen LogP contribution in [0.25, 0.3) is 33.3 Å². The van der Waals surface area contributed by atoms with E-state index in [0.717, 1.165) is 48.0 Å². The summed E-state index contributed by atoms with van der Waals surface area (Å²) in [6, 6.07) is 27.9. The monoisotopic (exact) mass is 865 g/mol. The zero-order chi connectivity index (χ0) is 35.3. The van der Waals surface area contributed by atoms with Crippen molar-refractivity contribution in [3.05, 3.63) is 95.3 Å². The number of pyridine rings is 1. The average Bonchev–Trinajstić information content (AvgIpc) is 3.10. The van der Waals surface area contributed by atoms with Gasteiger partial charge in [0.15, 0.2) is 5.78 Å². The van der Waals surface area contributed by atoms with Crippen molar-refractivity contribution in [1.82, 2.24) is 4.98 Å². The average molecular weight is 865 g/mol. The van der Waals surface area contributed by atoms with Crippen molar-refractivity contribution in [2.75, 3.05) is 0 Å². The molecule has 1 aromatic heterocycles. The number of aryl methyl sites for hydroxylation is 1. The van der Waals surface area contributed by atoms with E-state index < -0.39 is 8.07 Å². The number of carbonyl (C=O) groups is 1. The summed E-state index contributed by atoms with van der Waals surface area (Å²) in [4.78, 5) is 17.5. The Balaban J connectivity index is 0.000000253. The molecule has 1 radical (unpaired) electrons. The molecule has 0 unspecified atom stereocenters. The molecule has 2 aliphatic carbocycles. The van der Waals surface area contributed by atoms with Crippen LogP contribution in [0.15, 0.2) is 78.1 Å². The van der Waals surface area contributed by atoms with Gasteiger partial charge in [-0.2, -0.15) is 0 Å². The van der Waals surface area contributed by atoms with Gasteiger partial charge < -0.3 is 5.11 Å². The molecule has 0 atom stereocenters. The Morgan fingerprint density at radius 1 is 0.820 bits per heavy atom. The second kappa shape index (κ2) is 17.1. The molecule has 1 N–H and O–H groups in total. The number of ketones is 1. The largest absolute Gasteiger partial charge is 0.512 e. The number of aliphatic hydroxyl groups is 1. The zero-order valence-electron chi connectivity index (χ0n) is 31.7. The summed E-state index contributed by atoms with van der Waals surface area (Å²) in [5, 5.41) is 13.0. The van der Waals surface area contributed by atoms with Crippen LogP contribution in [0.3, 0.4) is 0 Å². The Kier molecular flexibility index (Phi) is 13.7. The Hall–Kier alpha value is -2.85. The first-order valence-electron chi connectivity index (χ1n) is 18.7. The van der Waals surface area contributed by atoms with Crippen molar-refractivity contribution in [2.24, 2.45) is 11.8 Å². The first-order chi connectivity index (χ1) is 23.2. The van der Waals surface area contributed by atoms with E-state index >= 15 is 0 Å². The maximum atomic E-state index is 12.4. The molecular formula is C45H58IrNO2Si-. The van der Waals surface area contributed by atoms with E-state index in [1.165, 1.54) is 65.8 Å². The van der Waals surface area contributed by atoms with Gasteiger partial charge in [0.05, 0.1) is 13.6 Å². The Bertz CT molecular complexity index is 1790. The van der Waals surface area contributed by atoms with Crippen LogP contribution in [0.5, 0.6) is 0 Å². The molecular weight excluding hydrogens is 807 g/mol. The second-order valence-corrected chi connectivity index (χ2v) is 21.7. The number of aromatic nitrogens is 1. The van der Waals surface area contributed by atoms with Gasteiger partial charge in [-0.25, -0.2) is 0 Å². The molecule has 0 spiro atoms. The van der Waals surface area contributed by atoms with E-state index in [0.29, 0.717) is 11.3 Å². The normalized spacial score (nSPS) is 16.6. The maximum Gasteiger partial charge on any atom is 0.164 e. The Labute approximate surface area is 316 Å². The molecule has 5 heteroatoms. The van der Waals surface area contributed by atoms with Gasteiger partial charge in [0.25, 0.3) is 0 Å². The van der Waals surface area contributed by atoms with Crippen LogP contribution in [0.1, 0.15) is 103 Å². The first-order valence-corrected chi connectivity index (χ1v) is 22.2. The number of hydrogen-bond donors (Lipinski definition) is 1. The smallest absolute Gasteiger partial charge is 0.164 e. The number of hydrogen-bond acceptors (Lipinski definition) is 3. The van der Waals surface area contributed by atoms with E-state index in [4.69, 9.17) is 4.98 Å². The van der Waals surface area contributed by atoms with E-state index in [2.05, 4.69) is 120 Å². The van der Waals surface area contributed by atoms with E-state index in [1.807, 2.05) is 6.92 Å². The molecule has 0 amide bonds. The Morgan fingerprint density at radius 3 is 2.00 bits per heavy atom. The summed E-state index contributed by atoms with van der Waals surface area (Å²) in [5.74, 6) is 1.07. The number of benzene rings is 3. The second-order valence-electron chi connectivity index (χ2n) is 16.7. The molecule has 2 fully saturated rings. The number of Topliss-reactive ketones (excluding diaryl/α,β-unsaturated/α-hetero) is 1. The fourth-order valence-electron chi connectivity index (χ4n) is 7.45.